The Bertz CT molecular complexity index is 618. The van der Waals surface area contributed by atoms with E-state index in [0.717, 1.165) is 21.5 Å². The van der Waals surface area contributed by atoms with Gasteiger partial charge in [0.1, 0.15) is 5.75 Å². The predicted octanol–water partition coefficient (Wildman–Crippen LogP) is 4.43. The molecule has 21 heavy (non-hydrogen) atoms. The summed E-state index contributed by atoms with van der Waals surface area (Å²) < 4.78 is 6.04. The number of benzene rings is 2. The molecule has 2 N–H and O–H groups in total. The molecule has 0 aromatic heterocycles. The Kier molecular flexibility index (Phi) is 5.14. The summed E-state index contributed by atoms with van der Waals surface area (Å²) in [7, 11) is 1.63. The maximum Gasteiger partial charge on any atom is 0.119 e. The third-order valence-electron chi connectivity index (χ3n) is 3.35. The summed E-state index contributed by atoms with van der Waals surface area (Å²) in [6, 6.07) is 13.2. The molecule has 0 aliphatic rings. The van der Waals surface area contributed by atoms with E-state index in [1.54, 1.807) is 7.11 Å². The van der Waals surface area contributed by atoms with Crippen LogP contribution in [0.4, 0.5) is 5.69 Å². The minimum Gasteiger partial charge on any atom is -0.497 e. The van der Waals surface area contributed by atoms with Gasteiger partial charge in [0.25, 0.3) is 0 Å². The number of hydrogen-bond acceptors (Lipinski definition) is 3. The second kappa shape index (κ2) is 6.69. The summed E-state index contributed by atoms with van der Waals surface area (Å²) in [5, 5.41) is 13.8. The van der Waals surface area contributed by atoms with Gasteiger partial charge in [0.05, 0.1) is 19.3 Å². The molecule has 0 aliphatic carbocycles. The van der Waals surface area contributed by atoms with Gasteiger partial charge in [-0.1, -0.05) is 33.6 Å². The first-order valence-corrected chi connectivity index (χ1v) is 7.64. The van der Waals surface area contributed by atoms with Gasteiger partial charge < -0.3 is 15.2 Å². The Hall–Kier alpha value is -1.23. The maximum absolute atomic E-state index is 9.84. The first-order valence-electron chi connectivity index (χ1n) is 6.47. The summed E-state index contributed by atoms with van der Waals surface area (Å²) in [4.78, 5) is 0. The Balaban J connectivity index is 2.31. The lowest BCUT2D eigenvalue weighted by molar-refractivity contribution is 0.224. The first kappa shape index (κ1) is 16.1. The van der Waals surface area contributed by atoms with Crippen molar-refractivity contribution in [1.82, 2.24) is 0 Å². The molecule has 112 valence electrons. The van der Waals surface area contributed by atoms with Crippen LogP contribution in [0.3, 0.4) is 0 Å². The molecule has 0 bridgehead atoms. The van der Waals surface area contributed by atoms with E-state index in [2.05, 4.69) is 21.2 Å². The quantitative estimate of drug-likeness (QED) is 0.818. The molecule has 0 radical (unpaired) electrons. The molecule has 1 unspecified atom stereocenters. The number of anilines is 1. The molecule has 0 fully saturated rings. The average Bonchev–Trinajstić information content (AvgIpc) is 2.47. The summed E-state index contributed by atoms with van der Waals surface area (Å²) in [6.45, 7) is 1.83. The monoisotopic (exact) mass is 369 g/mol. The SMILES string of the molecule is COc1ccc(NC(C)(CO)c2ccc(Br)cc2Cl)cc1. The van der Waals surface area contributed by atoms with E-state index in [0.29, 0.717) is 5.02 Å². The second-order valence-corrected chi connectivity index (χ2v) is 6.29. The summed E-state index contributed by atoms with van der Waals surface area (Å²) in [5.41, 5.74) is 1.05. The average molecular weight is 371 g/mol. The normalized spacial score (nSPS) is 13.6. The maximum atomic E-state index is 9.84. The van der Waals surface area contributed by atoms with E-state index in [1.165, 1.54) is 0 Å². The van der Waals surface area contributed by atoms with Crippen LogP contribution in [0.5, 0.6) is 5.75 Å². The van der Waals surface area contributed by atoms with Gasteiger partial charge in [0.15, 0.2) is 0 Å². The topological polar surface area (TPSA) is 41.5 Å². The molecule has 2 rings (SSSR count). The van der Waals surface area contributed by atoms with Crippen molar-refractivity contribution in [3.05, 3.63) is 57.5 Å². The van der Waals surface area contributed by atoms with Crippen molar-refractivity contribution in [2.75, 3.05) is 19.0 Å². The summed E-state index contributed by atoms with van der Waals surface area (Å²) in [6.07, 6.45) is 0. The lowest BCUT2D eigenvalue weighted by atomic mass is 9.92. The van der Waals surface area contributed by atoms with E-state index in [9.17, 15) is 5.11 Å². The van der Waals surface area contributed by atoms with Crippen LogP contribution < -0.4 is 10.1 Å². The van der Waals surface area contributed by atoms with Gasteiger partial charge >= 0.3 is 0 Å². The van der Waals surface area contributed by atoms with Crippen molar-refractivity contribution < 1.29 is 9.84 Å². The molecule has 0 saturated heterocycles. The van der Waals surface area contributed by atoms with Gasteiger partial charge in [0, 0.05) is 15.2 Å². The zero-order valence-corrected chi connectivity index (χ0v) is 14.2. The van der Waals surface area contributed by atoms with Gasteiger partial charge in [0.2, 0.25) is 0 Å². The Labute approximate surface area is 138 Å². The molecule has 0 aliphatic heterocycles. The molecule has 2 aromatic carbocycles. The largest absolute Gasteiger partial charge is 0.497 e. The van der Waals surface area contributed by atoms with Crippen molar-refractivity contribution in [2.45, 2.75) is 12.5 Å². The van der Waals surface area contributed by atoms with Crippen molar-refractivity contribution in [3.8, 4) is 5.75 Å². The second-order valence-electron chi connectivity index (χ2n) is 4.97. The molecular formula is C16H17BrClNO2. The Morgan fingerprint density at radius 2 is 1.90 bits per heavy atom. The Morgan fingerprint density at radius 3 is 2.43 bits per heavy atom. The van der Waals surface area contributed by atoms with E-state index in [4.69, 9.17) is 16.3 Å². The molecule has 1 atom stereocenters. The molecule has 3 nitrogen and oxygen atoms in total. The number of rotatable bonds is 5. The van der Waals surface area contributed by atoms with Crippen LogP contribution >= 0.6 is 27.5 Å². The van der Waals surface area contributed by atoms with Gasteiger partial charge in [-0.25, -0.2) is 0 Å². The minimum atomic E-state index is -0.674. The molecule has 0 amide bonds. The molecule has 5 heteroatoms. The lowest BCUT2D eigenvalue weighted by Gasteiger charge is -2.31. The van der Waals surface area contributed by atoms with Crippen LogP contribution in [0, 0.1) is 0 Å². The van der Waals surface area contributed by atoms with Crippen LogP contribution in [0.25, 0.3) is 0 Å². The van der Waals surface area contributed by atoms with Gasteiger partial charge in [-0.15, -0.1) is 0 Å². The van der Waals surface area contributed by atoms with Crippen LogP contribution in [0.15, 0.2) is 46.9 Å². The van der Waals surface area contributed by atoms with Crippen molar-refractivity contribution in [3.63, 3.8) is 0 Å². The fraction of sp³-hybridized carbons (Fsp3) is 0.250. The fourth-order valence-corrected chi connectivity index (χ4v) is 3.00. The Morgan fingerprint density at radius 1 is 1.24 bits per heavy atom. The number of halogens is 2. The molecule has 2 aromatic rings. The number of hydrogen-bond donors (Lipinski definition) is 2. The summed E-state index contributed by atoms with van der Waals surface area (Å²) in [5.74, 6) is 0.785. The minimum absolute atomic E-state index is 0.0830. The first-order chi connectivity index (χ1) is 9.98. The smallest absolute Gasteiger partial charge is 0.119 e. The highest BCUT2D eigenvalue weighted by Crippen LogP contribution is 2.33. The van der Waals surface area contributed by atoms with Crippen molar-refractivity contribution in [2.24, 2.45) is 0 Å². The van der Waals surface area contributed by atoms with E-state index < -0.39 is 5.54 Å². The molecule has 0 heterocycles. The van der Waals surface area contributed by atoms with Crippen LogP contribution in [0.1, 0.15) is 12.5 Å². The van der Waals surface area contributed by atoms with Crippen molar-refractivity contribution >= 4 is 33.2 Å². The molecule has 0 saturated carbocycles. The highest BCUT2D eigenvalue weighted by Gasteiger charge is 2.28. The molecule has 0 spiro atoms. The van der Waals surface area contributed by atoms with Crippen LogP contribution in [-0.4, -0.2) is 18.8 Å². The van der Waals surface area contributed by atoms with Gasteiger partial charge in [-0.2, -0.15) is 0 Å². The number of methoxy groups -OCH3 is 1. The summed E-state index contributed by atoms with van der Waals surface area (Å²) >= 11 is 9.69. The number of aliphatic hydroxyl groups is 1. The molecular weight excluding hydrogens is 354 g/mol. The number of ether oxygens (including phenoxy) is 1. The predicted molar refractivity (Wildman–Crippen MR) is 90.2 cm³/mol. The third-order valence-corrected chi connectivity index (χ3v) is 4.16. The van der Waals surface area contributed by atoms with Crippen molar-refractivity contribution in [1.29, 1.82) is 0 Å². The van der Waals surface area contributed by atoms with Gasteiger partial charge in [-0.3, -0.25) is 0 Å². The number of aliphatic hydroxyl groups excluding tert-OH is 1. The van der Waals surface area contributed by atoms with E-state index in [-0.39, 0.29) is 6.61 Å². The van der Waals surface area contributed by atoms with Crippen LogP contribution in [0.2, 0.25) is 5.02 Å². The number of nitrogens with one attached hydrogen (secondary N) is 1. The third kappa shape index (κ3) is 3.70. The van der Waals surface area contributed by atoms with E-state index >= 15 is 0 Å². The standard InChI is InChI=1S/C16H17BrClNO2/c1-16(10-20,14-8-3-11(17)9-15(14)18)19-12-4-6-13(21-2)7-5-12/h3-9,19-20H,10H2,1-2H3. The highest BCUT2D eigenvalue weighted by atomic mass is 79.9. The zero-order chi connectivity index (χ0) is 15.5. The highest BCUT2D eigenvalue weighted by molar-refractivity contribution is 9.10. The lowest BCUT2D eigenvalue weighted by Crippen LogP contribution is -2.36. The fourth-order valence-electron chi connectivity index (χ4n) is 2.12. The van der Waals surface area contributed by atoms with Gasteiger partial charge in [-0.05, 0) is 48.9 Å². The van der Waals surface area contributed by atoms with E-state index in [1.807, 2.05) is 49.4 Å². The zero-order valence-electron chi connectivity index (χ0n) is 11.9. The van der Waals surface area contributed by atoms with Crippen LogP contribution in [-0.2, 0) is 5.54 Å².